The number of nitrogens with two attached hydrogens (primary N) is 1. The number of nitrogens with zero attached hydrogens (tertiary/aromatic N) is 3. The maximum Gasteiger partial charge on any atom is 0.258 e. The molecule has 2 aromatic rings. The molecule has 0 aromatic carbocycles. The largest absolute Gasteiger partial charge is 0.329 e. The first-order valence-electron chi connectivity index (χ1n) is 6.69. The summed E-state index contributed by atoms with van der Waals surface area (Å²) in [6.45, 7) is 2.42. The minimum atomic E-state index is -0.0240. The van der Waals surface area contributed by atoms with E-state index in [0.717, 1.165) is 18.7 Å². The molecule has 1 aliphatic rings. The van der Waals surface area contributed by atoms with Gasteiger partial charge in [-0.05, 0) is 31.5 Å². The highest BCUT2D eigenvalue weighted by molar-refractivity contribution is 5.37. The molecule has 2 N–H and O–H groups in total. The number of hydrogen-bond acceptors (Lipinski definition) is 4. The highest BCUT2D eigenvalue weighted by Crippen LogP contribution is 2.18. The summed E-state index contributed by atoms with van der Waals surface area (Å²) < 4.78 is 1.56. The van der Waals surface area contributed by atoms with Gasteiger partial charge in [0.2, 0.25) is 0 Å². The highest BCUT2D eigenvalue weighted by atomic mass is 16.1. The van der Waals surface area contributed by atoms with Gasteiger partial charge >= 0.3 is 0 Å². The second kappa shape index (κ2) is 5.11. The fraction of sp³-hybridized carbons (Fsp3) is 0.429. The summed E-state index contributed by atoms with van der Waals surface area (Å²) in [5.41, 5.74) is 7.28. The minimum Gasteiger partial charge on any atom is -0.329 e. The Morgan fingerprint density at radius 3 is 3.16 bits per heavy atom. The lowest BCUT2D eigenvalue weighted by Gasteiger charge is -2.22. The Morgan fingerprint density at radius 1 is 1.42 bits per heavy atom. The summed E-state index contributed by atoms with van der Waals surface area (Å²) in [6, 6.07) is 7.63. The fourth-order valence-corrected chi connectivity index (χ4v) is 2.76. The zero-order chi connectivity index (χ0) is 13.2. The first-order valence-corrected chi connectivity index (χ1v) is 6.69. The number of aromatic nitrogens is 2. The van der Waals surface area contributed by atoms with Crippen LogP contribution < -0.4 is 11.3 Å². The lowest BCUT2D eigenvalue weighted by atomic mass is 10.2. The van der Waals surface area contributed by atoms with Crippen molar-refractivity contribution in [2.45, 2.75) is 25.4 Å². The van der Waals surface area contributed by atoms with E-state index in [2.05, 4.69) is 9.88 Å². The molecule has 3 rings (SSSR count). The van der Waals surface area contributed by atoms with Gasteiger partial charge in [-0.1, -0.05) is 6.07 Å². The number of fused-ring (bicyclic) bond motifs is 1. The van der Waals surface area contributed by atoms with E-state index in [1.54, 1.807) is 16.7 Å². The van der Waals surface area contributed by atoms with Gasteiger partial charge in [-0.3, -0.25) is 14.1 Å². The molecule has 0 aliphatic carbocycles. The van der Waals surface area contributed by atoms with Gasteiger partial charge in [-0.15, -0.1) is 0 Å². The van der Waals surface area contributed by atoms with Crippen molar-refractivity contribution in [2.75, 3.05) is 13.1 Å². The molecule has 1 aliphatic heterocycles. The molecule has 2 aromatic heterocycles. The first kappa shape index (κ1) is 12.3. The van der Waals surface area contributed by atoms with Gasteiger partial charge in [0, 0.05) is 31.4 Å². The monoisotopic (exact) mass is 258 g/mol. The van der Waals surface area contributed by atoms with Crippen molar-refractivity contribution in [1.82, 2.24) is 14.3 Å². The Morgan fingerprint density at radius 2 is 2.32 bits per heavy atom. The van der Waals surface area contributed by atoms with Crippen molar-refractivity contribution < 1.29 is 0 Å². The molecule has 0 spiro atoms. The molecule has 5 heteroatoms. The van der Waals surface area contributed by atoms with Crippen molar-refractivity contribution in [3.8, 4) is 0 Å². The average molecular weight is 258 g/mol. The molecule has 0 amide bonds. The van der Waals surface area contributed by atoms with Gasteiger partial charge < -0.3 is 5.73 Å². The lowest BCUT2D eigenvalue weighted by molar-refractivity contribution is 0.247. The van der Waals surface area contributed by atoms with Crippen LogP contribution in [-0.4, -0.2) is 33.4 Å². The van der Waals surface area contributed by atoms with Crippen LogP contribution in [0.2, 0.25) is 0 Å². The molecule has 3 heterocycles. The van der Waals surface area contributed by atoms with Crippen LogP contribution in [0, 0.1) is 0 Å². The van der Waals surface area contributed by atoms with Gasteiger partial charge in [0.15, 0.2) is 0 Å². The number of rotatable bonds is 3. The van der Waals surface area contributed by atoms with Gasteiger partial charge in [0.25, 0.3) is 5.56 Å². The molecule has 0 radical (unpaired) electrons. The van der Waals surface area contributed by atoms with E-state index in [4.69, 9.17) is 5.73 Å². The second-order valence-electron chi connectivity index (χ2n) is 5.02. The van der Waals surface area contributed by atoms with E-state index in [1.165, 1.54) is 6.42 Å². The standard InChI is InChI=1S/C14H18N4O/c15-9-12-4-3-6-17(12)10-11-8-14(19)18-7-2-1-5-13(18)16-11/h1-2,5,7-8,12H,3-4,6,9-10,15H2. The van der Waals surface area contributed by atoms with Crippen LogP contribution in [0.1, 0.15) is 18.5 Å². The van der Waals surface area contributed by atoms with Crippen molar-refractivity contribution in [2.24, 2.45) is 5.73 Å². The van der Waals surface area contributed by atoms with Crippen LogP contribution in [0.3, 0.4) is 0 Å². The topological polar surface area (TPSA) is 63.6 Å². The van der Waals surface area contributed by atoms with E-state index in [9.17, 15) is 4.79 Å². The Bertz CT molecular complexity index is 637. The van der Waals surface area contributed by atoms with Crippen LogP contribution in [-0.2, 0) is 6.54 Å². The Kier molecular flexibility index (Phi) is 3.31. The maximum absolute atomic E-state index is 12.0. The predicted molar refractivity (Wildman–Crippen MR) is 73.9 cm³/mol. The Hall–Kier alpha value is -1.72. The minimum absolute atomic E-state index is 0.0240. The van der Waals surface area contributed by atoms with Crippen molar-refractivity contribution in [3.63, 3.8) is 0 Å². The molecular weight excluding hydrogens is 240 g/mol. The molecule has 0 bridgehead atoms. The number of likely N-dealkylation sites (tertiary alicyclic amines) is 1. The lowest BCUT2D eigenvalue weighted by Crippen LogP contribution is -2.35. The second-order valence-corrected chi connectivity index (χ2v) is 5.02. The molecule has 5 nitrogen and oxygen atoms in total. The third kappa shape index (κ3) is 2.39. The Balaban J connectivity index is 1.91. The summed E-state index contributed by atoms with van der Waals surface area (Å²) in [5, 5.41) is 0. The molecule has 1 fully saturated rings. The molecule has 0 saturated carbocycles. The normalized spacial score (nSPS) is 20.2. The third-order valence-corrected chi connectivity index (χ3v) is 3.76. The quantitative estimate of drug-likeness (QED) is 0.876. The third-order valence-electron chi connectivity index (χ3n) is 3.76. The first-order chi connectivity index (χ1) is 9.28. The summed E-state index contributed by atoms with van der Waals surface area (Å²) in [7, 11) is 0. The predicted octanol–water partition coefficient (Wildman–Crippen LogP) is 0.618. The maximum atomic E-state index is 12.0. The van der Waals surface area contributed by atoms with Gasteiger partial charge in [-0.25, -0.2) is 4.98 Å². The highest BCUT2D eigenvalue weighted by Gasteiger charge is 2.23. The van der Waals surface area contributed by atoms with Crippen LogP contribution in [0.5, 0.6) is 0 Å². The van der Waals surface area contributed by atoms with Gasteiger partial charge in [-0.2, -0.15) is 0 Å². The summed E-state index contributed by atoms with van der Waals surface area (Å²) in [6.07, 6.45) is 4.06. The smallest absolute Gasteiger partial charge is 0.258 e. The summed E-state index contributed by atoms with van der Waals surface area (Å²) in [4.78, 5) is 18.9. The Labute approximate surface area is 111 Å². The zero-order valence-electron chi connectivity index (χ0n) is 10.8. The average Bonchev–Trinajstić information content (AvgIpc) is 2.86. The van der Waals surface area contributed by atoms with Gasteiger partial charge in [0.1, 0.15) is 5.65 Å². The van der Waals surface area contributed by atoms with E-state index < -0.39 is 0 Å². The molecule has 1 atom stereocenters. The van der Waals surface area contributed by atoms with E-state index in [1.807, 2.05) is 18.2 Å². The van der Waals surface area contributed by atoms with Crippen molar-refractivity contribution >= 4 is 5.65 Å². The van der Waals surface area contributed by atoms with Crippen LogP contribution >= 0.6 is 0 Å². The molecule has 1 saturated heterocycles. The fourth-order valence-electron chi connectivity index (χ4n) is 2.76. The SMILES string of the molecule is NCC1CCCN1Cc1cc(=O)n2ccccc2n1. The summed E-state index contributed by atoms with van der Waals surface area (Å²) >= 11 is 0. The molecular formula is C14H18N4O. The van der Waals surface area contributed by atoms with Crippen molar-refractivity contribution in [3.05, 3.63) is 46.5 Å². The molecule has 100 valence electrons. The van der Waals surface area contributed by atoms with E-state index in [-0.39, 0.29) is 5.56 Å². The van der Waals surface area contributed by atoms with Gasteiger partial charge in [0.05, 0.1) is 5.69 Å². The number of hydrogen-bond donors (Lipinski definition) is 1. The number of pyridine rings is 1. The van der Waals surface area contributed by atoms with Crippen molar-refractivity contribution in [1.29, 1.82) is 0 Å². The van der Waals surface area contributed by atoms with E-state index in [0.29, 0.717) is 24.8 Å². The van der Waals surface area contributed by atoms with Crippen LogP contribution in [0.25, 0.3) is 5.65 Å². The van der Waals surface area contributed by atoms with E-state index >= 15 is 0 Å². The van der Waals surface area contributed by atoms with Crippen LogP contribution in [0.4, 0.5) is 0 Å². The molecule has 19 heavy (non-hydrogen) atoms. The summed E-state index contributed by atoms with van der Waals surface area (Å²) in [5.74, 6) is 0. The molecule has 1 unspecified atom stereocenters. The zero-order valence-corrected chi connectivity index (χ0v) is 10.8. The van der Waals surface area contributed by atoms with Crippen LogP contribution in [0.15, 0.2) is 35.3 Å².